The average Bonchev–Trinajstić information content (AvgIpc) is 3.08. The van der Waals surface area contributed by atoms with Gasteiger partial charge in [-0.25, -0.2) is 4.79 Å². The first-order chi connectivity index (χ1) is 12.2. The smallest absolute Gasteiger partial charge is 0.326 e. The van der Waals surface area contributed by atoms with Crippen LogP contribution in [0.1, 0.15) is 62.4 Å². The van der Waals surface area contributed by atoms with Crippen LogP contribution in [0.4, 0.5) is 0 Å². The Morgan fingerprint density at radius 2 is 1.73 bits per heavy atom. The molecule has 142 valence electrons. The molecule has 26 heavy (non-hydrogen) atoms. The van der Waals surface area contributed by atoms with Gasteiger partial charge in [-0.2, -0.15) is 0 Å². The van der Waals surface area contributed by atoms with E-state index in [-0.39, 0.29) is 17.7 Å². The van der Waals surface area contributed by atoms with Gasteiger partial charge in [-0.15, -0.1) is 0 Å². The zero-order chi connectivity index (χ0) is 19.4. The van der Waals surface area contributed by atoms with Crippen molar-refractivity contribution in [2.45, 2.75) is 58.5 Å². The lowest BCUT2D eigenvalue weighted by Crippen LogP contribution is -2.53. The minimum atomic E-state index is -0.992. The lowest BCUT2D eigenvalue weighted by molar-refractivity contribution is -0.149. The maximum Gasteiger partial charge on any atom is 0.326 e. The van der Waals surface area contributed by atoms with Crippen molar-refractivity contribution in [1.82, 2.24) is 10.2 Å². The molecule has 2 rings (SSSR count). The Morgan fingerprint density at radius 3 is 2.23 bits per heavy atom. The van der Waals surface area contributed by atoms with Crippen LogP contribution in [0.25, 0.3) is 0 Å². The maximum atomic E-state index is 12.9. The molecule has 2 N–H and O–H groups in total. The number of amides is 2. The minimum Gasteiger partial charge on any atom is -0.480 e. The van der Waals surface area contributed by atoms with Crippen LogP contribution >= 0.6 is 0 Å². The number of aliphatic carboxylic acids is 1. The van der Waals surface area contributed by atoms with Crippen LogP contribution in [-0.2, 0) is 9.59 Å². The summed E-state index contributed by atoms with van der Waals surface area (Å²) in [6.45, 7) is 8.26. The normalized spacial score (nSPS) is 18.2. The molecule has 0 spiro atoms. The highest BCUT2D eigenvalue weighted by Gasteiger charge is 2.38. The van der Waals surface area contributed by atoms with Crippen molar-refractivity contribution in [3.8, 4) is 0 Å². The molecule has 1 aliphatic heterocycles. The molecule has 0 radical (unpaired) electrons. The van der Waals surface area contributed by atoms with Gasteiger partial charge in [-0.05, 0) is 42.4 Å². The Balaban J connectivity index is 2.13. The molecule has 0 bridgehead atoms. The van der Waals surface area contributed by atoms with Gasteiger partial charge in [0.05, 0.1) is 0 Å². The van der Waals surface area contributed by atoms with Crippen LogP contribution in [0.15, 0.2) is 24.3 Å². The summed E-state index contributed by atoms with van der Waals surface area (Å²) < 4.78 is 0. The van der Waals surface area contributed by atoms with E-state index in [1.165, 1.54) is 4.90 Å². The number of hydrogen-bond acceptors (Lipinski definition) is 3. The molecule has 6 nitrogen and oxygen atoms in total. The van der Waals surface area contributed by atoms with E-state index in [0.717, 1.165) is 5.56 Å². The first-order valence-electron chi connectivity index (χ1n) is 9.16. The predicted octanol–water partition coefficient (Wildman–Crippen LogP) is 2.64. The van der Waals surface area contributed by atoms with E-state index in [1.807, 2.05) is 26.0 Å². The quantitative estimate of drug-likeness (QED) is 0.816. The molecule has 0 saturated carbocycles. The third-order valence-corrected chi connectivity index (χ3v) is 4.88. The van der Waals surface area contributed by atoms with E-state index in [4.69, 9.17) is 0 Å². The third-order valence-electron chi connectivity index (χ3n) is 4.88. The van der Waals surface area contributed by atoms with Crippen molar-refractivity contribution in [2.24, 2.45) is 5.92 Å². The molecule has 1 unspecified atom stereocenters. The number of carboxylic acid groups (broad SMARTS) is 1. The van der Waals surface area contributed by atoms with Crippen molar-refractivity contribution in [2.75, 3.05) is 6.54 Å². The number of nitrogens with zero attached hydrogens (tertiary/aromatic N) is 1. The highest BCUT2D eigenvalue weighted by atomic mass is 16.4. The first kappa shape index (κ1) is 19.9. The summed E-state index contributed by atoms with van der Waals surface area (Å²) in [5.41, 5.74) is 1.63. The van der Waals surface area contributed by atoms with Gasteiger partial charge in [0.25, 0.3) is 5.91 Å². The van der Waals surface area contributed by atoms with Gasteiger partial charge in [-0.3, -0.25) is 9.59 Å². The summed E-state index contributed by atoms with van der Waals surface area (Å²) in [5.74, 6) is -1.40. The van der Waals surface area contributed by atoms with Crippen molar-refractivity contribution < 1.29 is 19.5 Å². The van der Waals surface area contributed by atoms with E-state index in [2.05, 4.69) is 19.2 Å². The van der Waals surface area contributed by atoms with Crippen molar-refractivity contribution in [1.29, 1.82) is 0 Å². The van der Waals surface area contributed by atoms with Crippen molar-refractivity contribution in [3.63, 3.8) is 0 Å². The van der Waals surface area contributed by atoms with E-state index in [1.54, 1.807) is 12.1 Å². The summed E-state index contributed by atoms with van der Waals surface area (Å²) in [4.78, 5) is 38.2. The molecule has 1 heterocycles. The fourth-order valence-electron chi connectivity index (χ4n) is 3.22. The summed E-state index contributed by atoms with van der Waals surface area (Å²) in [5, 5.41) is 12.1. The predicted molar refractivity (Wildman–Crippen MR) is 99.0 cm³/mol. The summed E-state index contributed by atoms with van der Waals surface area (Å²) in [7, 11) is 0. The van der Waals surface area contributed by atoms with E-state index >= 15 is 0 Å². The number of benzene rings is 1. The van der Waals surface area contributed by atoms with Gasteiger partial charge in [0.15, 0.2) is 0 Å². The fourth-order valence-corrected chi connectivity index (χ4v) is 3.22. The summed E-state index contributed by atoms with van der Waals surface area (Å²) >= 11 is 0. The highest BCUT2D eigenvalue weighted by molar-refractivity contribution is 5.98. The molecule has 2 amide bonds. The van der Waals surface area contributed by atoms with Crippen LogP contribution in [0, 0.1) is 5.92 Å². The Labute approximate surface area is 154 Å². The molecule has 0 aromatic heterocycles. The standard InChI is InChI=1S/C20H28N2O4/c1-12(2)14-7-9-15(10-8-14)18(23)21-17(13(3)4)19(24)22-11-5-6-16(22)20(25)26/h7-10,12-13,16-17H,5-6,11H2,1-4H3,(H,21,23)(H,25,26)/t16-,17?/m0/s1. The molecular weight excluding hydrogens is 332 g/mol. The molecule has 1 aromatic carbocycles. The van der Waals surface area contributed by atoms with Crippen LogP contribution in [0.2, 0.25) is 0 Å². The van der Waals surface area contributed by atoms with Gasteiger partial charge in [0, 0.05) is 12.1 Å². The van der Waals surface area contributed by atoms with Crippen LogP contribution < -0.4 is 5.32 Å². The Morgan fingerprint density at radius 1 is 1.12 bits per heavy atom. The minimum absolute atomic E-state index is 0.142. The van der Waals surface area contributed by atoms with Crippen LogP contribution in [0.5, 0.6) is 0 Å². The zero-order valence-corrected chi connectivity index (χ0v) is 15.9. The molecule has 2 atom stereocenters. The van der Waals surface area contributed by atoms with Gasteiger partial charge in [0.1, 0.15) is 12.1 Å². The molecule has 1 aromatic rings. The second-order valence-corrected chi connectivity index (χ2v) is 7.50. The van der Waals surface area contributed by atoms with E-state index < -0.39 is 18.1 Å². The first-order valence-corrected chi connectivity index (χ1v) is 9.16. The molecular formula is C20H28N2O4. The second kappa shape index (κ2) is 8.34. The fraction of sp³-hybridized carbons (Fsp3) is 0.550. The van der Waals surface area contributed by atoms with E-state index in [0.29, 0.717) is 30.9 Å². The van der Waals surface area contributed by atoms with Gasteiger partial charge >= 0.3 is 5.97 Å². The van der Waals surface area contributed by atoms with E-state index in [9.17, 15) is 19.5 Å². The Hall–Kier alpha value is -2.37. The number of carboxylic acids is 1. The lowest BCUT2D eigenvalue weighted by Gasteiger charge is -2.29. The number of likely N-dealkylation sites (tertiary alicyclic amines) is 1. The van der Waals surface area contributed by atoms with Gasteiger partial charge in [-0.1, -0.05) is 39.8 Å². The van der Waals surface area contributed by atoms with Crippen molar-refractivity contribution in [3.05, 3.63) is 35.4 Å². The number of rotatable bonds is 6. The average molecular weight is 360 g/mol. The topological polar surface area (TPSA) is 86.7 Å². The SMILES string of the molecule is CC(C)c1ccc(C(=O)NC(C(=O)N2CCC[C@H]2C(=O)O)C(C)C)cc1. The number of nitrogens with one attached hydrogen (secondary N) is 1. The molecule has 6 heteroatoms. The largest absolute Gasteiger partial charge is 0.480 e. The monoisotopic (exact) mass is 360 g/mol. The zero-order valence-electron chi connectivity index (χ0n) is 15.9. The second-order valence-electron chi connectivity index (χ2n) is 7.50. The van der Waals surface area contributed by atoms with Crippen LogP contribution in [0.3, 0.4) is 0 Å². The molecule has 1 saturated heterocycles. The number of carbonyl (C=O) groups is 3. The Kier molecular flexibility index (Phi) is 6.40. The number of hydrogen-bond donors (Lipinski definition) is 2. The molecule has 1 aliphatic rings. The van der Waals surface area contributed by atoms with Gasteiger partial charge in [0.2, 0.25) is 5.91 Å². The Bertz CT molecular complexity index is 667. The van der Waals surface area contributed by atoms with Crippen molar-refractivity contribution >= 4 is 17.8 Å². The van der Waals surface area contributed by atoms with Crippen LogP contribution in [-0.4, -0.2) is 46.4 Å². The maximum absolute atomic E-state index is 12.9. The summed E-state index contributed by atoms with van der Waals surface area (Å²) in [6.07, 6.45) is 1.12. The molecule has 0 aliphatic carbocycles. The number of carbonyl (C=O) groups excluding carboxylic acids is 2. The molecule has 1 fully saturated rings. The highest BCUT2D eigenvalue weighted by Crippen LogP contribution is 2.21. The lowest BCUT2D eigenvalue weighted by atomic mass is 10.00. The van der Waals surface area contributed by atoms with Gasteiger partial charge < -0.3 is 15.3 Å². The summed E-state index contributed by atoms with van der Waals surface area (Å²) in [6, 6.07) is 5.78. The third kappa shape index (κ3) is 4.42.